The maximum Gasteiger partial charge on any atom is 0.488 e. The Balaban J connectivity index is 2.14. The van der Waals surface area contributed by atoms with Crippen molar-refractivity contribution in [3.8, 4) is 0 Å². The molecule has 0 aliphatic rings. The summed E-state index contributed by atoms with van der Waals surface area (Å²) in [5.74, 6) is 0.0224. The van der Waals surface area contributed by atoms with E-state index in [4.69, 9.17) is 0 Å². The highest BCUT2D eigenvalue weighted by molar-refractivity contribution is 7.98. The first kappa shape index (κ1) is 13.1. The summed E-state index contributed by atoms with van der Waals surface area (Å²) >= 11 is 1.46. The Morgan fingerprint density at radius 3 is 2.72 bits per heavy atom. The van der Waals surface area contributed by atoms with Crippen LogP contribution in [0.2, 0.25) is 0 Å². The molecular formula is C12H11BFNO2S. The number of pyridine rings is 1. The van der Waals surface area contributed by atoms with E-state index < -0.39 is 12.9 Å². The Hall–Kier alpha value is -1.37. The minimum atomic E-state index is -1.67. The van der Waals surface area contributed by atoms with Gasteiger partial charge in [-0.1, -0.05) is 12.1 Å². The number of thioether (sulfide) groups is 1. The molecule has 0 aliphatic heterocycles. The molecule has 0 unspecified atom stereocenters. The van der Waals surface area contributed by atoms with Crippen LogP contribution >= 0.6 is 11.8 Å². The van der Waals surface area contributed by atoms with Crippen molar-refractivity contribution < 1.29 is 14.4 Å². The quantitative estimate of drug-likeness (QED) is 0.642. The second-order valence-electron chi connectivity index (χ2n) is 3.67. The number of halogens is 1. The lowest BCUT2D eigenvalue weighted by molar-refractivity contribution is 0.425. The normalized spacial score (nSPS) is 10.4. The van der Waals surface area contributed by atoms with Crippen LogP contribution in [0.25, 0.3) is 0 Å². The molecule has 0 saturated heterocycles. The third-order valence-corrected chi connectivity index (χ3v) is 3.39. The fourth-order valence-electron chi connectivity index (χ4n) is 1.52. The molecule has 2 N–H and O–H groups in total. The van der Waals surface area contributed by atoms with Gasteiger partial charge in [-0.2, -0.15) is 0 Å². The Morgan fingerprint density at radius 1 is 1.22 bits per heavy atom. The van der Waals surface area contributed by atoms with Crippen molar-refractivity contribution in [1.82, 2.24) is 4.98 Å². The van der Waals surface area contributed by atoms with Crippen molar-refractivity contribution >= 4 is 24.3 Å². The summed E-state index contributed by atoms with van der Waals surface area (Å²) in [7, 11) is -1.67. The van der Waals surface area contributed by atoms with Crippen LogP contribution in [-0.2, 0) is 5.75 Å². The fourth-order valence-corrected chi connectivity index (χ4v) is 2.40. The maximum absolute atomic E-state index is 13.0. The molecule has 1 aromatic heterocycles. The molecule has 0 atom stereocenters. The van der Waals surface area contributed by atoms with Gasteiger partial charge in [0.1, 0.15) is 5.82 Å². The molecule has 0 spiro atoms. The first-order valence-corrected chi connectivity index (χ1v) is 6.33. The molecule has 2 aromatic rings. The van der Waals surface area contributed by atoms with Crippen LogP contribution in [0, 0.1) is 5.82 Å². The van der Waals surface area contributed by atoms with E-state index in [0.29, 0.717) is 11.3 Å². The van der Waals surface area contributed by atoms with Gasteiger partial charge in [0.25, 0.3) is 0 Å². The second kappa shape index (κ2) is 5.99. The van der Waals surface area contributed by atoms with Crippen molar-refractivity contribution in [3.05, 3.63) is 54.0 Å². The smallest absolute Gasteiger partial charge is 0.423 e. The molecule has 0 bridgehead atoms. The van der Waals surface area contributed by atoms with E-state index in [1.165, 1.54) is 17.8 Å². The van der Waals surface area contributed by atoms with Crippen molar-refractivity contribution in [3.63, 3.8) is 0 Å². The number of aromatic nitrogens is 1. The summed E-state index contributed by atoms with van der Waals surface area (Å²) in [6, 6.07) is 9.56. The van der Waals surface area contributed by atoms with Gasteiger partial charge in [0.2, 0.25) is 0 Å². The fraction of sp³-hybridized carbons (Fsp3) is 0.0833. The molecule has 0 radical (unpaired) electrons. The van der Waals surface area contributed by atoms with Crippen LogP contribution in [0.15, 0.2) is 47.6 Å². The van der Waals surface area contributed by atoms with E-state index in [-0.39, 0.29) is 5.46 Å². The summed E-state index contributed by atoms with van der Waals surface area (Å²) in [4.78, 5) is 4.15. The molecule has 0 aliphatic carbocycles. The number of hydrogen-bond donors (Lipinski definition) is 2. The lowest BCUT2D eigenvalue weighted by Crippen LogP contribution is -2.33. The lowest BCUT2D eigenvalue weighted by Gasteiger charge is -2.08. The molecule has 1 heterocycles. The third kappa shape index (κ3) is 3.32. The summed E-state index contributed by atoms with van der Waals surface area (Å²) in [5.41, 5.74) is 0.875. The van der Waals surface area contributed by atoms with E-state index in [2.05, 4.69) is 4.98 Å². The van der Waals surface area contributed by atoms with E-state index in [1.54, 1.807) is 12.3 Å². The van der Waals surface area contributed by atoms with Gasteiger partial charge >= 0.3 is 7.12 Å². The number of rotatable bonds is 4. The summed E-state index contributed by atoms with van der Waals surface area (Å²) in [5, 5.41) is 19.2. The molecule has 3 nitrogen and oxygen atoms in total. The Bertz CT molecular complexity index is 525. The van der Waals surface area contributed by atoms with E-state index in [0.717, 1.165) is 11.1 Å². The van der Waals surface area contributed by atoms with Gasteiger partial charge < -0.3 is 10.0 Å². The first-order chi connectivity index (χ1) is 8.66. The number of nitrogens with zero attached hydrogens (tertiary/aromatic N) is 1. The van der Waals surface area contributed by atoms with Crippen molar-refractivity contribution in [2.75, 3.05) is 0 Å². The highest BCUT2D eigenvalue weighted by Crippen LogP contribution is 2.19. The largest absolute Gasteiger partial charge is 0.488 e. The van der Waals surface area contributed by atoms with Gasteiger partial charge in [0, 0.05) is 11.9 Å². The average Bonchev–Trinajstić information content (AvgIpc) is 2.38. The zero-order valence-electron chi connectivity index (χ0n) is 9.45. The molecule has 0 saturated carbocycles. The van der Waals surface area contributed by atoms with E-state index >= 15 is 0 Å². The minimum absolute atomic E-state index is 0.193. The highest BCUT2D eigenvalue weighted by atomic mass is 32.2. The van der Waals surface area contributed by atoms with E-state index in [9.17, 15) is 14.4 Å². The van der Waals surface area contributed by atoms with Crippen LogP contribution < -0.4 is 5.46 Å². The Labute approximate surface area is 109 Å². The minimum Gasteiger partial charge on any atom is -0.423 e. The molecule has 0 fully saturated rings. The first-order valence-electron chi connectivity index (χ1n) is 5.35. The predicted octanol–water partition coefficient (Wildman–Crippen LogP) is 1.19. The molecule has 2 rings (SSSR count). The van der Waals surface area contributed by atoms with Gasteiger partial charge in [-0.15, -0.1) is 11.8 Å². The Kier molecular flexibility index (Phi) is 4.35. The van der Waals surface area contributed by atoms with Gasteiger partial charge in [0.05, 0.1) is 5.03 Å². The van der Waals surface area contributed by atoms with Crippen molar-refractivity contribution in [2.45, 2.75) is 10.8 Å². The molecule has 1 aromatic carbocycles. The van der Waals surface area contributed by atoms with Crippen molar-refractivity contribution in [2.24, 2.45) is 0 Å². The SMILES string of the molecule is OB(O)c1cc(F)ccc1CSc1ccccn1. The highest BCUT2D eigenvalue weighted by Gasteiger charge is 2.16. The van der Waals surface area contributed by atoms with E-state index in [1.807, 2.05) is 18.2 Å². The van der Waals surface area contributed by atoms with Gasteiger partial charge in [-0.3, -0.25) is 0 Å². The number of hydrogen-bond acceptors (Lipinski definition) is 4. The van der Waals surface area contributed by atoms with Crippen LogP contribution in [0.5, 0.6) is 0 Å². The summed E-state index contributed by atoms with van der Waals surface area (Å²) < 4.78 is 13.0. The third-order valence-electron chi connectivity index (χ3n) is 2.40. The molecule has 6 heteroatoms. The monoisotopic (exact) mass is 263 g/mol. The summed E-state index contributed by atoms with van der Waals surface area (Å²) in [6.45, 7) is 0. The lowest BCUT2D eigenvalue weighted by atomic mass is 9.77. The van der Waals surface area contributed by atoms with Gasteiger partial charge in [0.15, 0.2) is 0 Å². The zero-order chi connectivity index (χ0) is 13.0. The Morgan fingerprint density at radius 2 is 2.06 bits per heavy atom. The summed E-state index contributed by atoms with van der Waals surface area (Å²) in [6.07, 6.45) is 1.69. The van der Waals surface area contributed by atoms with Crippen LogP contribution in [0.1, 0.15) is 5.56 Å². The van der Waals surface area contributed by atoms with Crippen LogP contribution in [0.3, 0.4) is 0 Å². The topological polar surface area (TPSA) is 53.4 Å². The second-order valence-corrected chi connectivity index (χ2v) is 4.67. The van der Waals surface area contributed by atoms with Gasteiger partial charge in [-0.25, -0.2) is 9.37 Å². The maximum atomic E-state index is 13.0. The predicted molar refractivity (Wildman–Crippen MR) is 70.0 cm³/mol. The van der Waals surface area contributed by atoms with Crippen molar-refractivity contribution in [1.29, 1.82) is 0 Å². The standard InChI is InChI=1S/C12H11BFNO2S/c14-10-5-4-9(11(7-10)13(16)17)8-18-12-3-1-2-6-15-12/h1-7,16-17H,8H2. The molecule has 18 heavy (non-hydrogen) atoms. The van der Waals surface area contributed by atoms with Gasteiger partial charge in [-0.05, 0) is 35.3 Å². The van der Waals surface area contributed by atoms with Crippen LogP contribution in [0.4, 0.5) is 4.39 Å². The average molecular weight is 263 g/mol. The molecular weight excluding hydrogens is 252 g/mol. The van der Waals surface area contributed by atoms with Crippen LogP contribution in [-0.4, -0.2) is 22.2 Å². The number of benzene rings is 1. The molecule has 92 valence electrons. The molecule has 0 amide bonds. The zero-order valence-corrected chi connectivity index (χ0v) is 10.3.